The van der Waals surface area contributed by atoms with Crippen molar-refractivity contribution in [3.63, 3.8) is 0 Å². The number of esters is 1. The molecule has 0 spiro atoms. The highest BCUT2D eigenvalue weighted by molar-refractivity contribution is 5.82. The molecule has 1 aromatic carbocycles. The molecule has 7 nitrogen and oxygen atoms in total. The third kappa shape index (κ3) is 5.25. The molecule has 2 atom stereocenters. The lowest BCUT2D eigenvalue weighted by Gasteiger charge is -2.25. The van der Waals surface area contributed by atoms with Gasteiger partial charge in [0.05, 0.1) is 7.11 Å². The summed E-state index contributed by atoms with van der Waals surface area (Å²) in [5.74, 6) is -0.782. The Morgan fingerprint density at radius 2 is 1.77 bits per heavy atom. The van der Waals surface area contributed by atoms with Gasteiger partial charge in [-0.1, -0.05) is 12.1 Å². The SMILES string of the molecule is COC(=O)[C@@H](NC(=O)OC(C)(C)C)[C@@H](O)c1ccc(N)cc1. The van der Waals surface area contributed by atoms with Crippen LogP contribution >= 0.6 is 0 Å². The van der Waals surface area contributed by atoms with Crippen molar-refractivity contribution in [1.82, 2.24) is 5.32 Å². The van der Waals surface area contributed by atoms with Gasteiger partial charge in [-0.05, 0) is 38.5 Å². The highest BCUT2D eigenvalue weighted by atomic mass is 16.6. The molecule has 4 N–H and O–H groups in total. The zero-order chi connectivity index (χ0) is 16.9. The number of nitrogen functional groups attached to an aromatic ring is 1. The number of ether oxygens (including phenoxy) is 2. The van der Waals surface area contributed by atoms with Gasteiger partial charge >= 0.3 is 12.1 Å². The fraction of sp³-hybridized carbons (Fsp3) is 0.467. The molecule has 0 aromatic heterocycles. The standard InChI is InChI=1S/C15H22N2O5/c1-15(2,3)22-14(20)17-11(13(19)21-4)12(18)9-5-7-10(16)8-6-9/h5-8,11-12,18H,16H2,1-4H3,(H,17,20)/t11-,12-/m0/s1. The van der Waals surface area contributed by atoms with Crippen molar-refractivity contribution in [3.05, 3.63) is 29.8 Å². The van der Waals surface area contributed by atoms with Crippen LogP contribution in [0.4, 0.5) is 10.5 Å². The van der Waals surface area contributed by atoms with Gasteiger partial charge in [-0.25, -0.2) is 9.59 Å². The number of hydrogen-bond acceptors (Lipinski definition) is 6. The lowest BCUT2D eigenvalue weighted by Crippen LogP contribution is -2.47. The molecule has 0 aliphatic rings. The monoisotopic (exact) mass is 310 g/mol. The molecule has 7 heteroatoms. The van der Waals surface area contributed by atoms with Crippen LogP contribution in [0.1, 0.15) is 32.4 Å². The highest BCUT2D eigenvalue weighted by Gasteiger charge is 2.32. The molecule has 1 aromatic rings. The number of nitrogens with one attached hydrogen (secondary N) is 1. The van der Waals surface area contributed by atoms with Gasteiger partial charge in [0.2, 0.25) is 0 Å². The summed E-state index contributed by atoms with van der Waals surface area (Å²) < 4.78 is 9.69. The number of amides is 1. The van der Waals surface area contributed by atoms with Gasteiger partial charge in [-0.2, -0.15) is 0 Å². The maximum Gasteiger partial charge on any atom is 0.408 e. The van der Waals surface area contributed by atoms with Crippen molar-refractivity contribution in [2.75, 3.05) is 12.8 Å². The van der Waals surface area contributed by atoms with Crippen LogP contribution in [0, 0.1) is 0 Å². The molecule has 0 aliphatic carbocycles. The molecular weight excluding hydrogens is 288 g/mol. The van der Waals surface area contributed by atoms with Crippen LogP contribution in [0.15, 0.2) is 24.3 Å². The smallest absolute Gasteiger partial charge is 0.408 e. The number of carbonyl (C=O) groups is 2. The second kappa shape index (κ2) is 7.13. The summed E-state index contributed by atoms with van der Waals surface area (Å²) in [4.78, 5) is 23.6. The minimum atomic E-state index is -1.29. The Morgan fingerprint density at radius 1 is 1.23 bits per heavy atom. The molecule has 0 fully saturated rings. The quantitative estimate of drug-likeness (QED) is 0.572. The maximum absolute atomic E-state index is 11.8. The first-order valence-electron chi connectivity index (χ1n) is 6.75. The molecule has 122 valence electrons. The van der Waals surface area contributed by atoms with Crippen molar-refractivity contribution in [2.24, 2.45) is 0 Å². The second-order valence-electron chi connectivity index (χ2n) is 5.76. The summed E-state index contributed by atoms with van der Waals surface area (Å²) in [5, 5.41) is 12.6. The van der Waals surface area contributed by atoms with Crippen molar-refractivity contribution < 1.29 is 24.2 Å². The third-order valence-electron chi connectivity index (χ3n) is 2.72. The topological polar surface area (TPSA) is 111 Å². The van der Waals surface area contributed by atoms with Crippen LogP contribution in [-0.2, 0) is 14.3 Å². The Labute approximate surface area is 129 Å². The van der Waals surface area contributed by atoms with Gasteiger partial charge in [-0.3, -0.25) is 0 Å². The lowest BCUT2D eigenvalue weighted by molar-refractivity contribution is -0.146. The third-order valence-corrected chi connectivity index (χ3v) is 2.72. The summed E-state index contributed by atoms with van der Waals surface area (Å²) in [7, 11) is 1.17. The summed E-state index contributed by atoms with van der Waals surface area (Å²) in [6.45, 7) is 5.07. The predicted octanol–water partition coefficient (Wildman–Crippen LogP) is 1.37. The van der Waals surface area contributed by atoms with Crippen molar-refractivity contribution in [1.29, 1.82) is 0 Å². The first kappa shape index (κ1) is 17.8. The summed E-state index contributed by atoms with van der Waals surface area (Å²) in [6.07, 6.45) is -2.11. The Bertz CT molecular complexity index is 522. The van der Waals surface area contributed by atoms with Gasteiger partial charge in [0.25, 0.3) is 0 Å². The van der Waals surface area contributed by atoms with Crippen LogP contribution in [0.5, 0.6) is 0 Å². The minimum absolute atomic E-state index is 0.417. The number of methoxy groups -OCH3 is 1. The average molecular weight is 310 g/mol. The first-order valence-corrected chi connectivity index (χ1v) is 6.75. The maximum atomic E-state index is 11.8. The fourth-order valence-electron chi connectivity index (χ4n) is 1.71. The fourth-order valence-corrected chi connectivity index (χ4v) is 1.71. The number of rotatable bonds is 4. The molecule has 1 amide bonds. The number of nitrogens with two attached hydrogens (primary N) is 1. The number of anilines is 1. The van der Waals surface area contributed by atoms with E-state index in [1.54, 1.807) is 45.0 Å². The van der Waals surface area contributed by atoms with Gasteiger partial charge < -0.3 is 25.6 Å². The molecule has 0 aliphatic heterocycles. The van der Waals surface area contributed by atoms with Crippen molar-refractivity contribution >= 4 is 17.7 Å². The molecule has 0 saturated heterocycles. The molecular formula is C15H22N2O5. The van der Waals surface area contributed by atoms with E-state index in [2.05, 4.69) is 10.1 Å². The molecule has 0 heterocycles. The van der Waals surface area contributed by atoms with Crippen molar-refractivity contribution in [2.45, 2.75) is 38.5 Å². The predicted molar refractivity (Wildman–Crippen MR) is 81.0 cm³/mol. The van der Waals surface area contributed by atoms with E-state index < -0.39 is 29.8 Å². The average Bonchev–Trinajstić information content (AvgIpc) is 2.42. The van der Waals surface area contributed by atoms with E-state index in [1.165, 1.54) is 7.11 Å². The molecule has 0 saturated carbocycles. The lowest BCUT2D eigenvalue weighted by atomic mass is 10.0. The molecule has 1 rings (SSSR count). The number of alkyl carbamates (subject to hydrolysis) is 1. The Kier molecular flexibility index (Phi) is 5.76. The van der Waals surface area contributed by atoms with Crippen LogP contribution < -0.4 is 11.1 Å². The van der Waals surface area contributed by atoms with Crippen LogP contribution in [0.25, 0.3) is 0 Å². The molecule has 0 unspecified atom stereocenters. The Morgan fingerprint density at radius 3 is 2.23 bits per heavy atom. The van der Waals surface area contributed by atoms with E-state index in [0.29, 0.717) is 11.3 Å². The van der Waals surface area contributed by atoms with Gasteiger partial charge in [0, 0.05) is 5.69 Å². The van der Waals surface area contributed by atoms with E-state index in [-0.39, 0.29) is 0 Å². The number of carbonyl (C=O) groups excluding carboxylic acids is 2. The second-order valence-corrected chi connectivity index (χ2v) is 5.76. The summed E-state index contributed by atoms with van der Waals surface area (Å²) in [6, 6.07) is 5.00. The van der Waals surface area contributed by atoms with Gasteiger partial charge in [0.1, 0.15) is 11.7 Å². The minimum Gasteiger partial charge on any atom is -0.467 e. The van der Waals surface area contributed by atoms with Crippen molar-refractivity contribution in [3.8, 4) is 0 Å². The molecule has 22 heavy (non-hydrogen) atoms. The van der Waals surface area contributed by atoms with Gasteiger partial charge in [-0.15, -0.1) is 0 Å². The zero-order valence-electron chi connectivity index (χ0n) is 13.1. The van der Waals surface area contributed by atoms with Crippen LogP contribution in [0.2, 0.25) is 0 Å². The van der Waals surface area contributed by atoms with E-state index in [0.717, 1.165) is 0 Å². The van der Waals surface area contributed by atoms with Crippen LogP contribution in [0.3, 0.4) is 0 Å². The summed E-state index contributed by atoms with van der Waals surface area (Å²) >= 11 is 0. The zero-order valence-corrected chi connectivity index (χ0v) is 13.1. The van der Waals surface area contributed by atoms with E-state index in [1.807, 2.05) is 0 Å². The molecule has 0 bridgehead atoms. The number of aliphatic hydroxyl groups excluding tert-OH is 1. The van der Waals surface area contributed by atoms with E-state index in [4.69, 9.17) is 10.5 Å². The largest absolute Gasteiger partial charge is 0.467 e. The van der Waals surface area contributed by atoms with E-state index >= 15 is 0 Å². The van der Waals surface area contributed by atoms with E-state index in [9.17, 15) is 14.7 Å². The van der Waals surface area contributed by atoms with Gasteiger partial charge in [0.15, 0.2) is 6.04 Å². The number of hydrogen-bond donors (Lipinski definition) is 3. The Hall–Kier alpha value is -2.28. The number of aliphatic hydroxyl groups is 1. The molecule has 0 radical (unpaired) electrons. The normalized spacial score (nSPS) is 13.9. The highest BCUT2D eigenvalue weighted by Crippen LogP contribution is 2.20. The summed E-state index contributed by atoms with van der Waals surface area (Å²) in [5.41, 5.74) is 5.79. The number of benzene rings is 1. The first-order chi connectivity index (χ1) is 10.1. The van der Waals surface area contributed by atoms with Crippen LogP contribution in [-0.4, -0.2) is 35.9 Å². The Balaban J connectivity index is 2.90.